The normalized spacial score (nSPS) is 14.6. The van der Waals surface area contributed by atoms with Gasteiger partial charge in [-0.05, 0) is 66.9 Å². The van der Waals surface area contributed by atoms with Crippen LogP contribution in [0.3, 0.4) is 0 Å². The first-order valence-corrected chi connectivity index (χ1v) is 13.7. The van der Waals surface area contributed by atoms with Gasteiger partial charge >= 0.3 is 0 Å². The smallest absolute Gasteiger partial charge is 0.265 e. The number of thiazole rings is 1. The van der Waals surface area contributed by atoms with E-state index in [2.05, 4.69) is 9.97 Å². The van der Waals surface area contributed by atoms with Gasteiger partial charge in [-0.2, -0.15) is 0 Å². The molecule has 0 unspecified atom stereocenters. The first-order valence-electron chi connectivity index (χ1n) is 11.1. The second kappa shape index (κ2) is 10.4. The van der Waals surface area contributed by atoms with Crippen molar-refractivity contribution < 1.29 is 26.3 Å². The Hall–Kier alpha value is -3.06. The number of anilines is 1. The summed E-state index contributed by atoms with van der Waals surface area (Å²) >= 11 is 7.42. The van der Waals surface area contributed by atoms with Crippen LogP contribution in [-0.4, -0.2) is 36.6 Å². The number of aromatic nitrogens is 3. The molecule has 1 saturated heterocycles. The molecule has 0 radical (unpaired) electrons. The molecule has 7 nitrogen and oxygen atoms in total. The van der Waals surface area contributed by atoms with Crippen molar-refractivity contribution in [3.8, 4) is 21.8 Å². The minimum Gasteiger partial charge on any atom is -0.381 e. The van der Waals surface area contributed by atoms with E-state index in [0.29, 0.717) is 47.2 Å². The van der Waals surface area contributed by atoms with Gasteiger partial charge in [0.1, 0.15) is 22.3 Å². The molecule has 1 aliphatic rings. The molecule has 0 aliphatic carbocycles. The van der Waals surface area contributed by atoms with E-state index in [4.69, 9.17) is 21.3 Å². The summed E-state index contributed by atoms with van der Waals surface area (Å²) in [5, 5.41) is 0.866. The molecule has 1 fully saturated rings. The molecule has 1 aliphatic heterocycles. The molecular weight excluding hydrogens is 549 g/mol. The Morgan fingerprint density at radius 1 is 1.00 bits per heavy atom. The first kappa shape index (κ1) is 25.6. The Kier molecular flexibility index (Phi) is 7.17. The maximum atomic E-state index is 14.7. The molecule has 192 valence electrons. The molecule has 0 bridgehead atoms. The third kappa shape index (κ3) is 5.47. The van der Waals surface area contributed by atoms with Crippen LogP contribution in [0.4, 0.5) is 18.9 Å². The van der Waals surface area contributed by atoms with Crippen molar-refractivity contribution >= 4 is 38.6 Å². The van der Waals surface area contributed by atoms with Crippen LogP contribution in [0.15, 0.2) is 53.6 Å². The average molecular weight is 567 g/mol. The second-order valence-corrected chi connectivity index (χ2v) is 11.2. The van der Waals surface area contributed by atoms with Crippen molar-refractivity contribution in [1.29, 1.82) is 0 Å². The lowest BCUT2D eigenvalue weighted by Crippen LogP contribution is -2.16. The van der Waals surface area contributed by atoms with Gasteiger partial charge in [0.15, 0.2) is 0 Å². The highest BCUT2D eigenvalue weighted by molar-refractivity contribution is 7.92. The number of halogens is 4. The Morgan fingerprint density at radius 3 is 2.51 bits per heavy atom. The van der Waals surface area contributed by atoms with E-state index < -0.39 is 38.1 Å². The summed E-state index contributed by atoms with van der Waals surface area (Å²) in [5.41, 5.74) is 0.879. The van der Waals surface area contributed by atoms with E-state index in [0.717, 1.165) is 30.0 Å². The van der Waals surface area contributed by atoms with Crippen molar-refractivity contribution in [3.05, 3.63) is 76.4 Å². The zero-order valence-corrected chi connectivity index (χ0v) is 21.3. The molecule has 37 heavy (non-hydrogen) atoms. The van der Waals surface area contributed by atoms with Gasteiger partial charge in [-0.3, -0.25) is 4.72 Å². The largest absolute Gasteiger partial charge is 0.381 e. The summed E-state index contributed by atoms with van der Waals surface area (Å²) < 4.78 is 75.5. The number of nitrogens with one attached hydrogen (secondary N) is 1. The highest BCUT2D eigenvalue weighted by atomic mass is 35.5. The lowest BCUT2D eigenvalue weighted by atomic mass is 10.0. The lowest BCUT2D eigenvalue weighted by molar-refractivity contribution is 0.0853. The fourth-order valence-electron chi connectivity index (χ4n) is 3.92. The van der Waals surface area contributed by atoms with Crippen LogP contribution in [0.1, 0.15) is 23.8 Å². The van der Waals surface area contributed by atoms with Gasteiger partial charge in [0.05, 0.1) is 27.0 Å². The SMILES string of the molecule is O=S(=O)(Nc1cc(-c2nc(C3CCOCC3)sc2-c2ccnc(Cl)n2)ccc1F)c1cc(F)ccc1F. The van der Waals surface area contributed by atoms with Crippen LogP contribution >= 0.6 is 22.9 Å². The third-order valence-corrected chi connectivity index (χ3v) is 8.54. The van der Waals surface area contributed by atoms with Gasteiger partial charge in [0.2, 0.25) is 5.28 Å². The average Bonchev–Trinajstić information content (AvgIpc) is 3.33. The molecule has 2 aromatic carbocycles. The quantitative estimate of drug-likeness (QED) is 0.286. The number of hydrogen-bond acceptors (Lipinski definition) is 7. The second-order valence-electron chi connectivity index (χ2n) is 8.20. The Balaban J connectivity index is 1.58. The number of hydrogen-bond donors (Lipinski definition) is 1. The van der Waals surface area contributed by atoms with Gasteiger partial charge < -0.3 is 4.74 Å². The molecule has 13 heteroatoms. The van der Waals surface area contributed by atoms with Crippen molar-refractivity contribution in [3.63, 3.8) is 0 Å². The summed E-state index contributed by atoms with van der Waals surface area (Å²) in [6.45, 7) is 1.21. The van der Waals surface area contributed by atoms with E-state index in [1.165, 1.54) is 29.7 Å². The standard InChI is InChI=1S/C24H18ClF3N4O3S2/c25-24-29-8-5-18(30-24)22-21(31-23(36-22)13-6-9-35-10-7-13)14-1-3-16(27)19(11-14)32-37(33,34)20-12-15(26)2-4-17(20)28/h1-5,8,11-13,32H,6-7,9-10H2. The zero-order valence-electron chi connectivity index (χ0n) is 18.9. The summed E-state index contributed by atoms with van der Waals surface area (Å²) in [6, 6.07) is 7.43. The first-order chi connectivity index (χ1) is 17.7. The maximum absolute atomic E-state index is 14.7. The van der Waals surface area contributed by atoms with Gasteiger partial charge in [-0.15, -0.1) is 11.3 Å². The maximum Gasteiger partial charge on any atom is 0.265 e. The number of sulfonamides is 1. The van der Waals surface area contributed by atoms with Crippen molar-refractivity contribution in [2.24, 2.45) is 0 Å². The lowest BCUT2D eigenvalue weighted by Gasteiger charge is -2.19. The van der Waals surface area contributed by atoms with Gasteiger partial charge in [-0.25, -0.2) is 36.5 Å². The third-order valence-electron chi connectivity index (χ3n) is 5.74. The molecule has 0 amide bonds. The van der Waals surface area contributed by atoms with Gasteiger partial charge in [-0.1, -0.05) is 0 Å². The molecule has 1 N–H and O–H groups in total. The molecule has 3 heterocycles. The fourth-order valence-corrected chi connectivity index (χ4v) is 6.44. The summed E-state index contributed by atoms with van der Waals surface area (Å²) in [7, 11) is -4.64. The number of rotatable bonds is 6. The van der Waals surface area contributed by atoms with E-state index >= 15 is 0 Å². The Labute approximate surface area is 219 Å². The minimum atomic E-state index is -4.64. The summed E-state index contributed by atoms with van der Waals surface area (Å²) in [6.07, 6.45) is 3.06. The van der Waals surface area contributed by atoms with Crippen molar-refractivity contribution in [2.75, 3.05) is 17.9 Å². The van der Waals surface area contributed by atoms with Gasteiger partial charge in [0, 0.05) is 30.9 Å². The fraction of sp³-hybridized carbons (Fsp3) is 0.208. The molecule has 2 aromatic heterocycles. The zero-order chi connectivity index (χ0) is 26.2. The van der Waals surface area contributed by atoms with Crippen LogP contribution in [0, 0.1) is 17.5 Å². The van der Waals surface area contributed by atoms with E-state index in [1.54, 1.807) is 6.07 Å². The Bertz CT molecular complexity index is 1580. The molecular formula is C24H18ClF3N4O3S2. The van der Waals surface area contributed by atoms with E-state index in [9.17, 15) is 21.6 Å². The molecule has 0 atom stereocenters. The van der Waals surface area contributed by atoms with E-state index in [-0.39, 0.29) is 11.2 Å². The topological polar surface area (TPSA) is 94.1 Å². The summed E-state index contributed by atoms with van der Waals surface area (Å²) in [5.74, 6) is -2.88. The number of nitrogens with zero attached hydrogens (tertiary/aromatic N) is 3. The number of ether oxygens (including phenoxy) is 1. The van der Waals surface area contributed by atoms with Crippen LogP contribution in [-0.2, 0) is 14.8 Å². The molecule has 0 spiro atoms. The monoisotopic (exact) mass is 566 g/mol. The predicted octanol–water partition coefficient (Wildman–Crippen LogP) is 6.03. The predicted molar refractivity (Wildman–Crippen MR) is 134 cm³/mol. The van der Waals surface area contributed by atoms with Crippen LogP contribution < -0.4 is 4.72 Å². The summed E-state index contributed by atoms with van der Waals surface area (Å²) in [4.78, 5) is 12.7. The highest BCUT2D eigenvalue weighted by Crippen LogP contribution is 2.41. The molecule has 0 saturated carbocycles. The van der Waals surface area contributed by atoms with Crippen LogP contribution in [0.25, 0.3) is 21.8 Å². The minimum absolute atomic E-state index is 0.0362. The van der Waals surface area contributed by atoms with Crippen molar-refractivity contribution in [2.45, 2.75) is 23.7 Å². The highest BCUT2D eigenvalue weighted by Gasteiger charge is 2.26. The number of benzene rings is 2. The van der Waals surface area contributed by atoms with Crippen LogP contribution in [0.5, 0.6) is 0 Å². The molecule has 5 rings (SSSR count). The van der Waals surface area contributed by atoms with Gasteiger partial charge in [0.25, 0.3) is 10.0 Å². The van der Waals surface area contributed by atoms with Crippen molar-refractivity contribution in [1.82, 2.24) is 15.0 Å². The Morgan fingerprint density at radius 2 is 1.76 bits per heavy atom. The van der Waals surface area contributed by atoms with E-state index in [1.807, 2.05) is 4.72 Å². The van der Waals surface area contributed by atoms with Crippen LogP contribution in [0.2, 0.25) is 5.28 Å². The molecule has 4 aromatic rings.